The highest BCUT2D eigenvalue weighted by Crippen LogP contribution is 2.33. The van der Waals surface area contributed by atoms with Crippen LogP contribution in [0.1, 0.15) is 34.3 Å². The van der Waals surface area contributed by atoms with Crippen molar-refractivity contribution in [2.75, 3.05) is 20.3 Å². The molecule has 0 saturated carbocycles. The van der Waals surface area contributed by atoms with E-state index in [0.29, 0.717) is 31.6 Å². The molecular formula is C21H23NO5. The maximum atomic E-state index is 12.7. The Bertz CT molecular complexity index is 810. The fourth-order valence-corrected chi connectivity index (χ4v) is 3.43. The topological polar surface area (TPSA) is 84.9 Å². The van der Waals surface area contributed by atoms with Crippen LogP contribution in [0.3, 0.4) is 0 Å². The maximum absolute atomic E-state index is 12.7. The SMILES string of the molecule is COc1ccc(C2(NC(=O)Cc3cccc(C(=O)O)c3)CCOCC2)cc1. The zero-order chi connectivity index (χ0) is 19.3. The maximum Gasteiger partial charge on any atom is 0.335 e. The number of methoxy groups -OCH3 is 1. The van der Waals surface area contributed by atoms with Crippen molar-refractivity contribution in [3.63, 3.8) is 0 Å². The minimum absolute atomic E-state index is 0.125. The molecule has 0 atom stereocenters. The summed E-state index contributed by atoms with van der Waals surface area (Å²) in [7, 11) is 1.62. The summed E-state index contributed by atoms with van der Waals surface area (Å²) in [6, 6.07) is 14.2. The van der Waals surface area contributed by atoms with Crippen LogP contribution in [0.4, 0.5) is 0 Å². The van der Waals surface area contributed by atoms with Crippen LogP contribution in [-0.2, 0) is 21.5 Å². The lowest BCUT2D eigenvalue weighted by Gasteiger charge is -2.38. The normalized spacial score (nSPS) is 15.7. The molecule has 0 bridgehead atoms. The molecule has 2 aromatic carbocycles. The summed E-state index contributed by atoms with van der Waals surface area (Å²) < 4.78 is 10.7. The quantitative estimate of drug-likeness (QED) is 0.818. The number of carboxylic acids is 1. The third kappa shape index (κ3) is 4.46. The predicted octanol–water partition coefficient (Wildman–Crippen LogP) is 2.76. The van der Waals surface area contributed by atoms with E-state index in [-0.39, 0.29) is 17.9 Å². The standard InChI is InChI=1S/C21H23NO5/c1-26-18-7-5-17(6-8-18)21(9-11-27-12-10-21)22-19(23)14-15-3-2-4-16(13-15)20(24)25/h2-8,13H,9-12,14H2,1H3,(H,22,23)(H,24,25). The molecule has 6 nitrogen and oxygen atoms in total. The molecule has 0 aromatic heterocycles. The van der Waals surface area contributed by atoms with Crippen molar-refractivity contribution < 1.29 is 24.2 Å². The van der Waals surface area contributed by atoms with Gasteiger partial charge in [-0.05, 0) is 48.2 Å². The van der Waals surface area contributed by atoms with Crippen LogP contribution in [0.2, 0.25) is 0 Å². The zero-order valence-corrected chi connectivity index (χ0v) is 15.2. The Kier molecular flexibility index (Phi) is 5.76. The number of aromatic carboxylic acids is 1. The first kappa shape index (κ1) is 18.9. The molecule has 1 saturated heterocycles. The van der Waals surface area contributed by atoms with Crippen molar-refractivity contribution in [3.05, 3.63) is 65.2 Å². The summed E-state index contributed by atoms with van der Waals surface area (Å²) in [4.78, 5) is 23.9. The average Bonchev–Trinajstić information content (AvgIpc) is 2.69. The van der Waals surface area contributed by atoms with E-state index < -0.39 is 11.5 Å². The summed E-state index contributed by atoms with van der Waals surface area (Å²) in [5.41, 5.74) is 1.37. The number of ether oxygens (including phenoxy) is 2. The van der Waals surface area contributed by atoms with Crippen LogP contribution in [0, 0.1) is 0 Å². The fourth-order valence-electron chi connectivity index (χ4n) is 3.43. The number of hydrogen-bond donors (Lipinski definition) is 2. The molecule has 27 heavy (non-hydrogen) atoms. The second-order valence-electron chi connectivity index (χ2n) is 6.65. The second kappa shape index (κ2) is 8.22. The number of carbonyl (C=O) groups excluding carboxylic acids is 1. The van der Waals surface area contributed by atoms with E-state index in [9.17, 15) is 9.59 Å². The van der Waals surface area contributed by atoms with Crippen molar-refractivity contribution in [2.45, 2.75) is 24.8 Å². The van der Waals surface area contributed by atoms with E-state index in [2.05, 4.69) is 5.32 Å². The minimum Gasteiger partial charge on any atom is -0.497 e. The van der Waals surface area contributed by atoms with Gasteiger partial charge in [-0.25, -0.2) is 4.79 Å². The Morgan fingerprint density at radius 3 is 2.48 bits per heavy atom. The van der Waals surface area contributed by atoms with Crippen LogP contribution < -0.4 is 10.1 Å². The van der Waals surface area contributed by atoms with Gasteiger partial charge in [0.05, 0.1) is 24.6 Å². The molecule has 1 aliphatic heterocycles. The highest BCUT2D eigenvalue weighted by Gasteiger charge is 2.35. The molecular weight excluding hydrogens is 346 g/mol. The Hall–Kier alpha value is -2.86. The predicted molar refractivity (Wildman–Crippen MR) is 100.0 cm³/mol. The highest BCUT2D eigenvalue weighted by molar-refractivity contribution is 5.88. The van der Waals surface area contributed by atoms with Crippen LogP contribution >= 0.6 is 0 Å². The highest BCUT2D eigenvalue weighted by atomic mass is 16.5. The Morgan fingerprint density at radius 2 is 1.85 bits per heavy atom. The lowest BCUT2D eigenvalue weighted by Crippen LogP contribution is -2.50. The van der Waals surface area contributed by atoms with E-state index in [1.165, 1.54) is 12.1 Å². The molecule has 0 unspecified atom stereocenters. The number of nitrogens with one attached hydrogen (secondary N) is 1. The van der Waals surface area contributed by atoms with Gasteiger partial charge < -0.3 is 19.9 Å². The van der Waals surface area contributed by atoms with E-state index >= 15 is 0 Å². The van der Waals surface area contributed by atoms with Crippen molar-refractivity contribution >= 4 is 11.9 Å². The van der Waals surface area contributed by atoms with Crippen molar-refractivity contribution in [2.24, 2.45) is 0 Å². The monoisotopic (exact) mass is 369 g/mol. The van der Waals surface area contributed by atoms with Crippen LogP contribution in [0.15, 0.2) is 48.5 Å². The lowest BCUT2D eigenvalue weighted by molar-refractivity contribution is -0.123. The smallest absolute Gasteiger partial charge is 0.335 e. The molecule has 1 fully saturated rings. The molecule has 0 aliphatic carbocycles. The summed E-state index contributed by atoms with van der Waals surface area (Å²) in [5.74, 6) is -0.385. The van der Waals surface area contributed by atoms with E-state index in [0.717, 1.165) is 11.3 Å². The lowest BCUT2D eigenvalue weighted by atomic mass is 9.82. The third-order valence-electron chi connectivity index (χ3n) is 4.91. The van der Waals surface area contributed by atoms with Crippen LogP contribution in [0.5, 0.6) is 5.75 Å². The molecule has 3 rings (SSSR count). The van der Waals surface area contributed by atoms with Crippen molar-refractivity contribution in [3.8, 4) is 5.75 Å². The molecule has 2 N–H and O–H groups in total. The van der Waals surface area contributed by atoms with Gasteiger partial charge in [0.2, 0.25) is 5.91 Å². The summed E-state index contributed by atoms with van der Waals surface area (Å²) in [6.07, 6.45) is 1.49. The van der Waals surface area contributed by atoms with Crippen LogP contribution in [-0.4, -0.2) is 37.3 Å². The minimum atomic E-state index is -1.00. The number of carboxylic acid groups (broad SMARTS) is 1. The summed E-state index contributed by atoms with van der Waals surface area (Å²) >= 11 is 0. The van der Waals surface area contributed by atoms with Gasteiger partial charge in [0.1, 0.15) is 5.75 Å². The van der Waals surface area contributed by atoms with Gasteiger partial charge in [0, 0.05) is 13.2 Å². The van der Waals surface area contributed by atoms with Gasteiger partial charge in [0.25, 0.3) is 0 Å². The van der Waals surface area contributed by atoms with Gasteiger partial charge in [-0.1, -0.05) is 24.3 Å². The molecule has 1 heterocycles. The van der Waals surface area contributed by atoms with Crippen molar-refractivity contribution in [1.82, 2.24) is 5.32 Å². The first-order valence-corrected chi connectivity index (χ1v) is 8.88. The molecule has 2 aromatic rings. The first-order valence-electron chi connectivity index (χ1n) is 8.88. The number of rotatable bonds is 6. The van der Waals surface area contributed by atoms with E-state index in [1.54, 1.807) is 19.2 Å². The Morgan fingerprint density at radius 1 is 1.15 bits per heavy atom. The number of carbonyl (C=O) groups is 2. The van der Waals surface area contributed by atoms with Gasteiger partial charge in [-0.15, -0.1) is 0 Å². The molecule has 142 valence electrons. The second-order valence-corrected chi connectivity index (χ2v) is 6.65. The molecule has 6 heteroatoms. The van der Waals surface area contributed by atoms with Crippen LogP contribution in [0.25, 0.3) is 0 Å². The largest absolute Gasteiger partial charge is 0.497 e. The van der Waals surface area contributed by atoms with E-state index in [4.69, 9.17) is 14.6 Å². The Labute approximate surface area is 158 Å². The van der Waals surface area contributed by atoms with Crippen molar-refractivity contribution in [1.29, 1.82) is 0 Å². The summed E-state index contributed by atoms with van der Waals surface area (Å²) in [5, 5.41) is 12.3. The molecule has 1 amide bonds. The average molecular weight is 369 g/mol. The molecule has 0 spiro atoms. The number of amides is 1. The van der Waals surface area contributed by atoms with E-state index in [1.807, 2.05) is 24.3 Å². The number of hydrogen-bond acceptors (Lipinski definition) is 4. The van der Waals surface area contributed by atoms with Gasteiger partial charge >= 0.3 is 5.97 Å². The fraction of sp³-hybridized carbons (Fsp3) is 0.333. The molecule has 0 radical (unpaired) electrons. The third-order valence-corrected chi connectivity index (χ3v) is 4.91. The zero-order valence-electron chi connectivity index (χ0n) is 15.2. The van der Waals surface area contributed by atoms with Gasteiger partial charge in [-0.3, -0.25) is 4.79 Å². The summed E-state index contributed by atoms with van der Waals surface area (Å²) in [6.45, 7) is 1.14. The van der Waals surface area contributed by atoms with Gasteiger partial charge in [0.15, 0.2) is 0 Å². The molecule has 1 aliphatic rings. The number of benzene rings is 2. The van der Waals surface area contributed by atoms with Gasteiger partial charge in [-0.2, -0.15) is 0 Å². The first-order chi connectivity index (χ1) is 13.0. The Balaban J connectivity index is 1.78.